The average Bonchev–Trinajstić information content (AvgIpc) is 3.16. The normalized spacial score (nSPS) is 15.7. The molecule has 0 spiro atoms. The number of carbonyl (C=O) groups is 2. The summed E-state index contributed by atoms with van der Waals surface area (Å²) in [5, 5.41) is 0. The Kier molecular flexibility index (Phi) is 4.71. The molecule has 0 aliphatic carbocycles. The minimum absolute atomic E-state index is 0.0379. The second-order valence-electron chi connectivity index (χ2n) is 6.85. The van der Waals surface area contributed by atoms with E-state index in [-0.39, 0.29) is 18.6 Å². The van der Waals surface area contributed by atoms with Gasteiger partial charge in [0.15, 0.2) is 11.5 Å². The average molecular weight is 366 g/mol. The van der Waals surface area contributed by atoms with Crippen molar-refractivity contribution in [2.24, 2.45) is 0 Å². The minimum Gasteiger partial charge on any atom is -0.454 e. The van der Waals surface area contributed by atoms with Crippen molar-refractivity contribution in [2.75, 3.05) is 33.0 Å². The number of ether oxygens (including phenoxy) is 2. The van der Waals surface area contributed by atoms with E-state index in [0.717, 1.165) is 22.4 Å². The molecule has 2 aliphatic rings. The summed E-state index contributed by atoms with van der Waals surface area (Å²) < 4.78 is 10.7. The first-order valence-corrected chi connectivity index (χ1v) is 9.13. The van der Waals surface area contributed by atoms with E-state index in [1.54, 1.807) is 0 Å². The van der Waals surface area contributed by atoms with Gasteiger partial charge in [-0.25, -0.2) is 0 Å². The first-order chi connectivity index (χ1) is 13.1. The van der Waals surface area contributed by atoms with Crippen LogP contribution in [0.25, 0.3) is 0 Å². The number of benzene rings is 2. The van der Waals surface area contributed by atoms with Crippen LogP contribution in [-0.2, 0) is 11.2 Å². The fraction of sp³-hybridized carbons (Fsp3) is 0.333. The Bertz CT molecular complexity index is 872. The fourth-order valence-electron chi connectivity index (χ4n) is 3.48. The SMILES string of the molecule is Cc1ccccc1C(=O)N1CCN(C(=O)Cc2ccc3c(c2)OCO3)CC1. The van der Waals surface area contributed by atoms with Crippen LogP contribution in [-0.4, -0.2) is 54.6 Å². The van der Waals surface area contributed by atoms with Crippen LogP contribution in [0, 0.1) is 6.92 Å². The Morgan fingerprint density at radius 1 is 0.926 bits per heavy atom. The number of nitrogens with zero attached hydrogens (tertiary/aromatic N) is 2. The summed E-state index contributed by atoms with van der Waals surface area (Å²) in [5.41, 5.74) is 2.61. The topological polar surface area (TPSA) is 59.1 Å². The maximum Gasteiger partial charge on any atom is 0.254 e. The van der Waals surface area contributed by atoms with Crippen molar-refractivity contribution in [1.82, 2.24) is 9.80 Å². The molecule has 0 unspecified atom stereocenters. The molecule has 6 nitrogen and oxygen atoms in total. The Morgan fingerprint density at radius 2 is 1.63 bits per heavy atom. The molecule has 0 bridgehead atoms. The fourth-order valence-corrected chi connectivity index (χ4v) is 3.48. The highest BCUT2D eigenvalue weighted by Crippen LogP contribution is 2.32. The van der Waals surface area contributed by atoms with Gasteiger partial charge in [0.2, 0.25) is 12.7 Å². The van der Waals surface area contributed by atoms with E-state index in [4.69, 9.17) is 9.47 Å². The number of amides is 2. The Balaban J connectivity index is 1.34. The van der Waals surface area contributed by atoms with Crippen molar-refractivity contribution < 1.29 is 19.1 Å². The molecule has 2 aliphatic heterocycles. The molecule has 27 heavy (non-hydrogen) atoms. The maximum atomic E-state index is 12.7. The van der Waals surface area contributed by atoms with Crippen molar-refractivity contribution in [1.29, 1.82) is 0 Å². The summed E-state index contributed by atoms with van der Waals surface area (Å²) in [4.78, 5) is 29.0. The van der Waals surface area contributed by atoms with Crippen LogP contribution in [0.5, 0.6) is 11.5 Å². The van der Waals surface area contributed by atoms with Gasteiger partial charge in [0.25, 0.3) is 5.91 Å². The Hall–Kier alpha value is -3.02. The highest BCUT2D eigenvalue weighted by Gasteiger charge is 2.25. The molecule has 0 N–H and O–H groups in total. The molecule has 2 aromatic rings. The van der Waals surface area contributed by atoms with Crippen LogP contribution in [0.3, 0.4) is 0 Å². The summed E-state index contributed by atoms with van der Waals surface area (Å²) >= 11 is 0. The standard InChI is InChI=1S/C21H22N2O4/c1-15-4-2-3-5-17(15)21(25)23-10-8-22(9-11-23)20(24)13-16-6-7-18-19(12-16)27-14-26-18/h2-7,12H,8-11,13-14H2,1H3. The van der Waals surface area contributed by atoms with E-state index >= 15 is 0 Å². The van der Waals surface area contributed by atoms with Gasteiger partial charge in [0, 0.05) is 31.7 Å². The molecular weight excluding hydrogens is 344 g/mol. The van der Waals surface area contributed by atoms with E-state index in [9.17, 15) is 9.59 Å². The zero-order valence-electron chi connectivity index (χ0n) is 15.3. The van der Waals surface area contributed by atoms with Crippen molar-refractivity contribution >= 4 is 11.8 Å². The molecule has 1 fully saturated rings. The molecule has 0 atom stereocenters. The van der Waals surface area contributed by atoms with Gasteiger partial charge in [-0.15, -0.1) is 0 Å². The molecule has 4 rings (SSSR count). The maximum absolute atomic E-state index is 12.7. The molecule has 6 heteroatoms. The largest absolute Gasteiger partial charge is 0.454 e. The summed E-state index contributed by atoms with van der Waals surface area (Å²) in [6, 6.07) is 13.2. The van der Waals surface area contributed by atoms with Crippen LogP contribution in [0.15, 0.2) is 42.5 Å². The second kappa shape index (κ2) is 7.31. The number of fused-ring (bicyclic) bond motifs is 1. The molecule has 140 valence electrons. The highest BCUT2D eigenvalue weighted by molar-refractivity contribution is 5.95. The van der Waals surface area contributed by atoms with Gasteiger partial charge in [-0.2, -0.15) is 0 Å². The lowest BCUT2D eigenvalue weighted by Gasteiger charge is -2.35. The molecule has 1 saturated heterocycles. The van der Waals surface area contributed by atoms with Gasteiger partial charge < -0.3 is 19.3 Å². The number of hydrogen-bond acceptors (Lipinski definition) is 4. The van der Waals surface area contributed by atoms with Crippen molar-refractivity contribution in [3.63, 3.8) is 0 Å². The number of hydrogen-bond donors (Lipinski definition) is 0. The third kappa shape index (κ3) is 3.60. The summed E-state index contributed by atoms with van der Waals surface area (Å²) in [6.45, 7) is 4.39. The monoisotopic (exact) mass is 366 g/mol. The predicted molar refractivity (Wildman–Crippen MR) is 99.9 cm³/mol. The highest BCUT2D eigenvalue weighted by atomic mass is 16.7. The van der Waals surface area contributed by atoms with Crippen molar-refractivity contribution in [2.45, 2.75) is 13.3 Å². The van der Waals surface area contributed by atoms with Crippen LogP contribution >= 0.6 is 0 Å². The van der Waals surface area contributed by atoms with Crippen LogP contribution in [0.4, 0.5) is 0 Å². The third-order valence-corrected chi connectivity index (χ3v) is 5.09. The number of piperazine rings is 1. The molecule has 2 aromatic carbocycles. The smallest absolute Gasteiger partial charge is 0.254 e. The first-order valence-electron chi connectivity index (χ1n) is 9.13. The lowest BCUT2D eigenvalue weighted by molar-refractivity contribution is -0.131. The van der Waals surface area contributed by atoms with Crippen molar-refractivity contribution in [3.05, 3.63) is 59.2 Å². The molecular formula is C21H22N2O4. The van der Waals surface area contributed by atoms with E-state index in [1.165, 1.54) is 0 Å². The van der Waals surface area contributed by atoms with Gasteiger partial charge in [-0.3, -0.25) is 9.59 Å². The Labute approximate surface area is 158 Å². The zero-order valence-corrected chi connectivity index (χ0v) is 15.3. The number of rotatable bonds is 3. The second-order valence-corrected chi connectivity index (χ2v) is 6.85. The quantitative estimate of drug-likeness (QED) is 0.836. The van der Waals surface area contributed by atoms with E-state index in [1.807, 2.05) is 59.2 Å². The van der Waals surface area contributed by atoms with Crippen LogP contribution in [0.2, 0.25) is 0 Å². The van der Waals surface area contributed by atoms with Gasteiger partial charge in [0.05, 0.1) is 6.42 Å². The van der Waals surface area contributed by atoms with E-state index < -0.39 is 0 Å². The number of carbonyl (C=O) groups excluding carboxylic acids is 2. The van der Waals surface area contributed by atoms with Crippen molar-refractivity contribution in [3.8, 4) is 11.5 Å². The van der Waals surface area contributed by atoms with E-state index in [0.29, 0.717) is 38.3 Å². The van der Waals surface area contributed by atoms with Gasteiger partial charge in [-0.05, 0) is 36.2 Å². The molecule has 2 amide bonds. The summed E-state index contributed by atoms with van der Waals surface area (Å²) in [5.74, 6) is 1.51. The van der Waals surface area contributed by atoms with Crippen LogP contribution < -0.4 is 9.47 Å². The van der Waals surface area contributed by atoms with Gasteiger partial charge in [-0.1, -0.05) is 24.3 Å². The summed E-state index contributed by atoms with van der Waals surface area (Å²) in [7, 11) is 0. The first kappa shape index (κ1) is 17.4. The summed E-state index contributed by atoms with van der Waals surface area (Å²) in [6.07, 6.45) is 0.322. The zero-order chi connectivity index (χ0) is 18.8. The van der Waals surface area contributed by atoms with E-state index in [2.05, 4.69) is 0 Å². The van der Waals surface area contributed by atoms with Gasteiger partial charge >= 0.3 is 0 Å². The molecule has 0 radical (unpaired) electrons. The predicted octanol–water partition coefficient (Wildman–Crippen LogP) is 2.25. The lowest BCUT2D eigenvalue weighted by atomic mass is 10.1. The van der Waals surface area contributed by atoms with Gasteiger partial charge in [0.1, 0.15) is 0 Å². The molecule has 2 heterocycles. The third-order valence-electron chi connectivity index (χ3n) is 5.09. The number of aryl methyl sites for hydroxylation is 1. The van der Waals surface area contributed by atoms with Crippen LogP contribution in [0.1, 0.15) is 21.5 Å². The Morgan fingerprint density at radius 3 is 2.41 bits per heavy atom. The minimum atomic E-state index is 0.0379. The molecule has 0 saturated carbocycles. The molecule has 0 aromatic heterocycles. The lowest BCUT2D eigenvalue weighted by Crippen LogP contribution is -2.51.